The van der Waals surface area contributed by atoms with Crippen LogP contribution in [-0.2, 0) is 0 Å². The van der Waals surface area contributed by atoms with Gasteiger partial charge in [-0.25, -0.2) is 0 Å². The first-order valence-electron chi connectivity index (χ1n) is 9.87. The van der Waals surface area contributed by atoms with Crippen LogP contribution in [0.3, 0.4) is 0 Å². The zero-order valence-corrected chi connectivity index (χ0v) is 15.5. The SMILES string of the molecule is CC1CCN(CC2(NC(=O)c3cccn4nnnc34)CCCCC2)CC1. The number of likely N-dealkylation sites (tertiary alicyclic amines) is 1. The number of carbonyl (C=O) groups excluding carboxylic acids is 1. The Balaban J connectivity index is 1.53. The Bertz CT molecular complexity index is 758. The second-order valence-corrected chi connectivity index (χ2v) is 8.12. The van der Waals surface area contributed by atoms with Crippen molar-refractivity contribution in [2.45, 2.75) is 57.4 Å². The molecular weight excluding hydrogens is 328 g/mol. The zero-order chi connectivity index (χ0) is 18.0. The topological polar surface area (TPSA) is 75.4 Å². The van der Waals surface area contributed by atoms with E-state index in [1.807, 2.05) is 6.07 Å². The Morgan fingerprint density at radius 2 is 2.04 bits per heavy atom. The van der Waals surface area contributed by atoms with Crippen molar-refractivity contribution in [1.82, 2.24) is 30.3 Å². The molecule has 140 valence electrons. The highest BCUT2D eigenvalue weighted by molar-refractivity contribution is 6.00. The van der Waals surface area contributed by atoms with E-state index in [0.717, 1.165) is 38.4 Å². The van der Waals surface area contributed by atoms with E-state index < -0.39 is 0 Å². The molecule has 7 heteroatoms. The fraction of sp³-hybridized carbons (Fsp3) is 0.684. The Kier molecular flexibility index (Phi) is 4.89. The number of hydrogen-bond acceptors (Lipinski definition) is 5. The average Bonchev–Trinajstić information content (AvgIpc) is 3.13. The minimum absolute atomic E-state index is 0.0577. The van der Waals surface area contributed by atoms with E-state index in [4.69, 9.17) is 0 Å². The molecule has 0 radical (unpaired) electrons. The summed E-state index contributed by atoms with van der Waals surface area (Å²) in [6.45, 7) is 5.58. The van der Waals surface area contributed by atoms with Crippen LogP contribution in [0.1, 0.15) is 62.2 Å². The maximum absolute atomic E-state index is 13.1. The molecule has 1 aliphatic heterocycles. The first-order chi connectivity index (χ1) is 12.7. The van der Waals surface area contributed by atoms with Crippen LogP contribution in [0.2, 0.25) is 0 Å². The Morgan fingerprint density at radius 1 is 1.27 bits per heavy atom. The van der Waals surface area contributed by atoms with Gasteiger partial charge in [0.25, 0.3) is 5.91 Å². The van der Waals surface area contributed by atoms with Crippen LogP contribution in [0.15, 0.2) is 18.3 Å². The molecule has 2 aliphatic rings. The van der Waals surface area contributed by atoms with E-state index in [1.54, 1.807) is 16.8 Å². The van der Waals surface area contributed by atoms with Gasteiger partial charge in [0.05, 0.1) is 11.1 Å². The first-order valence-corrected chi connectivity index (χ1v) is 9.87. The van der Waals surface area contributed by atoms with Crippen molar-refractivity contribution in [2.75, 3.05) is 19.6 Å². The van der Waals surface area contributed by atoms with Gasteiger partial charge in [-0.2, -0.15) is 4.52 Å². The summed E-state index contributed by atoms with van der Waals surface area (Å²) in [4.78, 5) is 15.6. The van der Waals surface area contributed by atoms with Crippen LogP contribution in [-0.4, -0.2) is 56.0 Å². The molecule has 0 spiro atoms. The van der Waals surface area contributed by atoms with Crippen LogP contribution < -0.4 is 5.32 Å². The molecule has 2 aromatic heterocycles. The lowest BCUT2D eigenvalue weighted by atomic mass is 9.80. The molecule has 1 saturated heterocycles. The van der Waals surface area contributed by atoms with Crippen LogP contribution in [0.5, 0.6) is 0 Å². The third kappa shape index (κ3) is 3.58. The molecule has 0 atom stereocenters. The maximum atomic E-state index is 13.1. The molecule has 1 amide bonds. The quantitative estimate of drug-likeness (QED) is 0.910. The van der Waals surface area contributed by atoms with Crippen molar-refractivity contribution in [2.24, 2.45) is 5.92 Å². The Morgan fingerprint density at radius 3 is 2.81 bits per heavy atom. The minimum atomic E-state index is -0.129. The van der Waals surface area contributed by atoms with Crippen LogP contribution in [0.4, 0.5) is 0 Å². The monoisotopic (exact) mass is 356 g/mol. The summed E-state index contributed by atoms with van der Waals surface area (Å²) in [6.07, 6.45) is 10.0. The smallest absolute Gasteiger partial charge is 0.255 e. The highest BCUT2D eigenvalue weighted by atomic mass is 16.1. The Hall–Kier alpha value is -2.02. The van der Waals surface area contributed by atoms with Crippen molar-refractivity contribution in [3.63, 3.8) is 0 Å². The van der Waals surface area contributed by atoms with Gasteiger partial charge in [0.1, 0.15) is 0 Å². The van der Waals surface area contributed by atoms with Crippen molar-refractivity contribution in [3.05, 3.63) is 23.9 Å². The summed E-state index contributed by atoms with van der Waals surface area (Å²) in [5.74, 6) is 0.763. The normalized spacial score (nSPS) is 21.7. The lowest BCUT2D eigenvalue weighted by Crippen LogP contribution is -2.57. The second kappa shape index (κ2) is 7.31. The van der Waals surface area contributed by atoms with Gasteiger partial charge in [-0.3, -0.25) is 4.79 Å². The molecular formula is C19H28N6O. The van der Waals surface area contributed by atoms with Gasteiger partial charge in [-0.15, -0.1) is 5.10 Å². The summed E-state index contributed by atoms with van der Waals surface area (Å²) in [5.41, 5.74) is 0.938. The zero-order valence-electron chi connectivity index (χ0n) is 15.5. The minimum Gasteiger partial charge on any atom is -0.345 e. The van der Waals surface area contributed by atoms with E-state index in [9.17, 15) is 4.79 Å². The third-order valence-corrected chi connectivity index (χ3v) is 6.06. The molecule has 1 saturated carbocycles. The highest BCUT2D eigenvalue weighted by Gasteiger charge is 2.36. The Labute approximate surface area is 154 Å². The lowest BCUT2D eigenvalue weighted by Gasteiger charge is -2.43. The summed E-state index contributed by atoms with van der Waals surface area (Å²) in [6, 6.07) is 3.62. The van der Waals surface area contributed by atoms with Crippen LogP contribution in [0, 0.1) is 5.92 Å². The largest absolute Gasteiger partial charge is 0.345 e. The van der Waals surface area contributed by atoms with E-state index in [0.29, 0.717) is 11.2 Å². The van der Waals surface area contributed by atoms with Crippen LogP contribution in [0.25, 0.3) is 5.65 Å². The number of pyridine rings is 1. The van der Waals surface area contributed by atoms with Crippen molar-refractivity contribution >= 4 is 11.6 Å². The molecule has 2 aromatic rings. The van der Waals surface area contributed by atoms with Crippen LogP contribution >= 0.6 is 0 Å². The number of piperidine rings is 1. The molecule has 4 rings (SSSR count). The van der Waals surface area contributed by atoms with Crippen molar-refractivity contribution in [3.8, 4) is 0 Å². The molecule has 0 unspecified atom stereocenters. The predicted molar refractivity (Wildman–Crippen MR) is 98.9 cm³/mol. The predicted octanol–water partition coefficient (Wildman–Crippen LogP) is 2.29. The van der Waals surface area contributed by atoms with Gasteiger partial charge >= 0.3 is 0 Å². The number of aromatic nitrogens is 4. The van der Waals surface area contributed by atoms with E-state index >= 15 is 0 Å². The number of carbonyl (C=O) groups is 1. The molecule has 26 heavy (non-hydrogen) atoms. The maximum Gasteiger partial charge on any atom is 0.255 e. The van der Waals surface area contributed by atoms with E-state index in [2.05, 4.69) is 32.7 Å². The fourth-order valence-corrected chi connectivity index (χ4v) is 4.45. The fourth-order valence-electron chi connectivity index (χ4n) is 4.45. The lowest BCUT2D eigenvalue weighted by molar-refractivity contribution is 0.0760. The van der Waals surface area contributed by atoms with Gasteiger partial charge in [0, 0.05) is 12.7 Å². The number of tetrazole rings is 1. The third-order valence-electron chi connectivity index (χ3n) is 6.06. The molecule has 0 aromatic carbocycles. The van der Waals surface area contributed by atoms with Gasteiger partial charge in [-0.05, 0) is 67.3 Å². The van der Waals surface area contributed by atoms with Crippen molar-refractivity contribution < 1.29 is 4.79 Å². The van der Waals surface area contributed by atoms with Gasteiger partial charge in [0.2, 0.25) is 0 Å². The summed E-state index contributed by atoms with van der Waals surface area (Å²) < 4.78 is 1.55. The summed E-state index contributed by atoms with van der Waals surface area (Å²) in [5, 5.41) is 15.0. The molecule has 1 aliphatic carbocycles. The molecule has 0 bridgehead atoms. The van der Waals surface area contributed by atoms with Gasteiger partial charge in [-0.1, -0.05) is 26.2 Å². The average molecular weight is 356 g/mol. The number of amides is 1. The first kappa shape index (κ1) is 17.4. The highest BCUT2D eigenvalue weighted by Crippen LogP contribution is 2.31. The number of nitrogens with zero attached hydrogens (tertiary/aromatic N) is 5. The number of nitrogens with one attached hydrogen (secondary N) is 1. The number of fused-ring (bicyclic) bond motifs is 1. The molecule has 1 N–H and O–H groups in total. The molecule has 3 heterocycles. The summed E-state index contributed by atoms with van der Waals surface area (Å²) in [7, 11) is 0. The number of hydrogen-bond donors (Lipinski definition) is 1. The van der Waals surface area contributed by atoms with E-state index in [1.165, 1.54) is 32.1 Å². The van der Waals surface area contributed by atoms with Gasteiger partial charge < -0.3 is 10.2 Å². The number of rotatable bonds is 4. The summed E-state index contributed by atoms with van der Waals surface area (Å²) >= 11 is 0. The molecule has 7 nitrogen and oxygen atoms in total. The standard InChI is InChI=1S/C19H28N6O/c1-15-7-12-24(13-8-15)14-19(9-3-2-4-10-19)20-18(26)16-6-5-11-25-17(16)21-22-23-25/h5-6,11,15H,2-4,7-10,12-14H2,1H3,(H,20,26). The second-order valence-electron chi connectivity index (χ2n) is 8.12. The molecule has 2 fully saturated rings. The van der Waals surface area contributed by atoms with Gasteiger partial charge in [0.15, 0.2) is 5.65 Å². The van der Waals surface area contributed by atoms with E-state index in [-0.39, 0.29) is 11.4 Å². The van der Waals surface area contributed by atoms with Crippen molar-refractivity contribution in [1.29, 1.82) is 0 Å².